The molecule has 24 heavy (non-hydrogen) atoms. The number of pyridine rings is 1. The van der Waals surface area contributed by atoms with Crippen LogP contribution in [0.2, 0.25) is 0 Å². The number of nitrogens with zero attached hydrogens (tertiary/aromatic N) is 1. The fourth-order valence-electron chi connectivity index (χ4n) is 2.58. The molecule has 3 rings (SSSR count). The lowest BCUT2D eigenvalue weighted by molar-refractivity contribution is -0.125. The molecule has 1 aromatic heterocycles. The third kappa shape index (κ3) is 4.00. The van der Waals surface area contributed by atoms with Crippen LogP contribution in [0.1, 0.15) is 17.7 Å². The second kappa shape index (κ2) is 7.13. The van der Waals surface area contributed by atoms with Gasteiger partial charge in [0.25, 0.3) is 0 Å². The molecule has 0 aliphatic heterocycles. The molecule has 2 unspecified atom stereocenters. The van der Waals surface area contributed by atoms with Gasteiger partial charge in [-0.05, 0) is 49.2 Å². The highest BCUT2D eigenvalue weighted by Crippen LogP contribution is 2.39. The van der Waals surface area contributed by atoms with Crippen LogP contribution in [0.4, 0.5) is 5.69 Å². The van der Waals surface area contributed by atoms with Gasteiger partial charge in [-0.3, -0.25) is 14.6 Å². The Hall–Kier alpha value is -2.21. The van der Waals surface area contributed by atoms with Crippen molar-refractivity contribution in [2.75, 3.05) is 5.32 Å². The molecule has 0 radical (unpaired) electrons. The number of aryl methyl sites for hydroxylation is 1. The topological polar surface area (TPSA) is 71.1 Å². The van der Waals surface area contributed by atoms with Crippen molar-refractivity contribution in [3.05, 3.63) is 58.3 Å². The van der Waals surface area contributed by atoms with Crippen molar-refractivity contribution >= 4 is 33.4 Å². The van der Waals surface area contributed by atoms with Gasteiger partial charge in [0.2, 0.25) is 11.8 Å². The number of aromatic nitrogens is 1. The molecule has 0 spiro atoms. The summed E-state index contributed by atoms with van der Waals surface area (Å²) < 4.78 is 0.969. The third-order valence-electron chi connectivity index (χ3n) is 4.08. The largest absolute Gasteiger partial charge is 0.350 e. The van der Waals surface area contributed by atoms with Crippen LogP contribution in [0, 0.1) is 18.8 Å². The summed E-state index contributed by atoms with van der Waals surface area (Å²) in [5.41, 5.74) is 2.57. The van der Waals surface area contributed by atoms with Crippen LogP contribution in [-0.2, 0) is 16.1 Å². The van der Waals surface area contributed by atoms with Crippen molar-refractivity contribution in [3.63, 3.8) is 0 Å². The van der Waals surface area contributed by atoms with Gasteiger partial charge < -0.3 is 10.6 Å². The van der Waals surface area contributed by atoms with Crippen LogP contribution in [0.3, 0.4) is 0 Å². The predicted octanol–water partition coefficient (Wildman–Crippen LogP) is 3.04. The Balaban J connectivity index is 1.51. The maximum atomic E-state index is 12.3. The molecule has 6 heteroatoms. The minimum atomic E-state index is -0.253. The quantitative estimate of drug-likeness (QED) is 0.827. The van der Waals surface area contributed by atoms with Gasteiger partial charge in [-0.25, -0.2) is 0 Å². The lowest BCUT2D eigenvalue weighted by Gasteiger charge is -2.09. The van der Waals surface area contributed by atoms with E-state index in [1.54, 1.807) is 6.20 Å². The maximum absolute atomic E-state index is 12.3. The first-order valence-electron chi connectivity index (χ1n) is 7.79. The number of benzene rings is 1. The number of hydrogen-bond donors (Lipinski definition) is 2. The molecule has 1 fully saturated rings. The van der Waals surface area contributed by atoms with Crippen molar-refractivity contribution in [2.45, 2.75) is 19.9 Å². The zero-order valence-corrected chi connectivity index (χ0v) is 14.8. The number of nitrogens with one attached hydrogen (secondary N) is 2. The second-order valence-electron chi connectivity index (χ2n) is 5.94. The summed E-state index contributed by atoms with van der Waals surface area (Å²) in [6.45, 7) is 2.32. The van der Waals surface area contributed by atoms with Gasteiger partial charge in [-0.1, -0.05) is 22.0 Å². The van der Waals surface area contributed by atoms with Crippen molar-refractivity contribution in [2.24, 2.45) is 11.8 Å². The zero-order chi connectivity index (χ0) is 17.1. The highest BCUT2D eigenvalue weighted by Gasteiger charge is 2.47. The Bertz CT molecular complexity index is 764. The molecule has 2 amide bonds. The predicted molar refractivity (Wildman–Crippen MR) is 95.2 cm³/mol. The van der Waals surface area contributed by atoms with Gasteiger partial charge in [0, 0.05) is 16.4 Å². The molecule has 0 saturated heterocycles. The van der Waals surface area contributed by atoms with Gasteiger partial charge in [-0.15, -0.1) is 0 Å². The molecule has 1 saturated carbocycles. The lowest BCUT2D eigenvalue weighted by atomic mass is 10.2. The van der Waals surface area contributed by atoms with E-state index in [4.69, 9.17) is 0 Å². The summed E-state index contributed by atoms with van der Waals surface area (Å²) in [5, 5.41) is 5.75. The monoisotopic (exact) mass is 387 g/mol. The molecular formula is C18H18BrN3O2. The van der Waals surface area contributed by atoms with Crippen LogP contribution >= 0.6 is 15.9 Å². The SMILES string of the molecule is Cc1cc(Br)ccc1NC(=O)C1CC1C(=O)NCc1ccccn1. The molecule has 5 nitrogen and oxygen atoms in total. The Kier molecular flexibility index (Phi) is 4.94. The average molecular weight is 388 g/mol. The van der Waals surface area contributed by atoms with Crippen LogP contribution in [0.25, 0.3) is 0 Å². The van der Waals surface area contributed by atoms with E-state index < -0.39 is 0 Å². The molecular weight excluding hydrogens is 370 g/mol. The summed E-state index contributed by atoms with van der Waals surface area (Å²) in [6.07, 6.45) is 2.28. The molecule has 1 aliphatic rings. The van der Waals surface area contributed by atoms with Gasteiger partial charge in [0.05, 0.1) is 24.1 Å². The first-order chi connectivity index (χ1) is 11.5. The minimum Gasteiger partial charge on any atom is -0.350 e. The number of carbonyl (C=O) groups is 2. The van der Waals surface area contributed by atoms with E-state index in [1.165, 1.54) is 0 Å². The maximum Gasteiger partial charge on any atom is 0.228 e. The summed E-state index contributed by atoms with van der Waals surface area (Å²) in [6, 6.07) is 11.2. The smallest absolute Gasteiger partial charge is 0.228 e. The highest BCUT2D eigenvalue weighted by atomic mass is 79.9. The van der Waals surface area contributed by atoms with Gasteiger partial charge >= 0.3 is 0 Å². The molecule has 124 valence electrons. The average Bonchev–Trinajstić information content (AvgIpc) is 3.37. The Morgan fingerprint density at radius 1 is 1.21 bits per heavy atom. The Morgan fingerprint density at radius 3 is 2.71 bits per heavy atom. The number of hydrogen-bond acceptors (Lipinski definition) is 3. The summed E-state index contributed by atoms with van der Waals surface area (Å²) >= 11 is 3.40. The van der Waals surface area contributed by atoms with E-state index in [0.29, 0.717) is 13.0 Å². The highest BCUT2D eigenvalue weighted by molar-refractivity contribution is 9.10. The van der Waals surface area contributed by atoms with Crippen molar-refractivity contribution < 1.29 is 9.59 Å². The van der Waals surface area contributed by atoms with Crippen molar-refractivity contribution in [3.8, 4) is 0 Å². The van der Waals surface area contributed by atoms with Gasteiger partial charge in [-0.2, -0.15) is 0 Å². The molecule has 1 aromatic carbocycles. The Labute approximate surface area is 149 Å². The molecule has 1 aliphatic carbocycles. The van der Waals surface area contributed by atoms with E-state index in [9.17, 15) is 9.59 Å². The number of rotatable bonds is 5. The van der Waals surface area contributed by atoms with Crippen molar-refractivity contribution in [1.82, 2.24) is 10.3 Å². The Morgan fingerprint density at radius 2 is 2.00 bits per heavy atom. The summed E-state index contributed by atoms with van der Waals surface area (Å²) in [5.74, 6) is -0.687. The minimum absolute atomic E-state index is 0.0895. The fourth-order valence-corrected chi connectivity index (χ4v) is 3.05. The van der Waals surface area contributed by atoms with Gasteiger partial charge in [0.1, 0.15) is 0 Å². The molecule has 2 atom stereocenters. The number of anilines is 1. The second-order valence-corrected chi connectivity index (χ2v) is 6.85. The van der Waals surface area contributed by atoms with E-state index in [-0.39, 0.29) is 23.7 Å². The van der Waals surface area contributed by atoms with Crippen LogP contribution in [0.15, 0.2) is 47.1 Å². The first-order valence-corrected chi connectivity index (χ1v) is 8.58. The number of carbonyl (C=O) groups excluding carboxylic acids is 2. The number of amides is 2. The van der Waals surface area contributed by atoms with Crippen LogP contribution < -0.4 is 10.6 Å². The summed E-state index contributed by atoms with van der Waals surface area (Å²) in [4.78, 5) is 28.6. The number of halogens is 1. The molecule has 2 N–H and O–H groups in total. The standard InChI is InChI=1S/C18H18BrN3O2/c1-11-8-12(19)5-6-16(11)22-18(24)15-9-14(15)17(23)21-10-13-4-2-3-7-20-13/h2-8,14-15H,9-10H2,1H3,(H,21,23)(H,22,24). The normalized spacial score (nSPS) is 18.8. The molecule has 0 bridgehead atoms. The van der Waals surface area contributed by atoms with Crippen LogP contribution in [0.5, 0.6) is 0 Å². The van der Waals surface area contributed by atoms with E-state index in [1.807, 2.05) is 43.3 Å². The van der Waals surface area contributed by atoms with Crippen LogP contribution in [-0.4, -0.2) is 16.8 Å². The van der Waals surface area contributed by atoms with E-state index in [2.05, 4.69) is 31.5 Å². The van der Waals surface area contributed by atoms with Gasteiger partial charge in [0.15, 0.2) is 0 Å². The van der Waals surface area contributed by atoms with E-state index in [0.717, 1.165) is 21.4 Å². The lowest BCUT2D eigenvalue weighted by Crippen LogP contribution is -2.27. The van der Waals surface area contributed by atoms with E-state index >= 15 is 0 Å². The van der Waals surface area contributed by atoms with Crippen molar-refractivity contribution in [1.29, 1.82) is 0 Å². The fraction of sp³-hybridized carbons (Fsp3) is 0.278. The zero-order valence-electron chi connectivity index (χ0n) is 13.3. The summed E-state index contributed by atoms with van der Waals surface area (Å²) in [7, 11) is 0. The molecule has 2 aromatic rings. The third-order valence-corrected chi connectivity index (χ3v) is 4.57. The first kappa shape index (κ1) is 16.6. The molecule has 1 heterocycles.